The molecule has 1 heterocycles. The van der Waals surface area contributed by atoms with E-state index in [1.807, 2.05) is 25.1 Å². The highest BCUT2D eigenvalue weighted by Crippen LogP contribution is 2.13. The zero-order valence-electron chi connectivity index (χ0n) is 7.57. The van der Waals surface area contributed by atoms with Gasteiger partial charge in [0.2, 0.25) is 0 Å². The molecule has 2 N–H and O–H groups in total. The van der Waals surface area contributed by atoms with Crippen molar-refractivity contribution < 1.29 is 0 Å². The van der Waals surface area contributed by atoms with Gasteiger partial charge in [0.1, 0.15) is 11.0 Å². The summed E-state index contributed by atoms with van der Waals surface area (Å²) in [6, 6.07) is 5.89. The summed E-state index contributed by atoms with van der Waals surface area (Å²) >= 11 is 0. The van der Waals surface area contributed by atoms with E-state index in [0.29, 0.717) is 6.54 Å². The molecule has 13 heavy (non-hydrogen) atoms. The summed E-state index contributed by atoms with van der Waals surface area (Å²) in [7, 11) is 0. The van der Waals surface area contributed by atoms with Crippen molar-refractivity contribution in [2.24, 2.45) is 5.73 Å². The van der Waals surface area contributed by atoms with E-state index in [9.17, 15) is 0 Å². The molecule has 68 valence electrons. The lowest BCUT2D eigenvalue weighted by atomic mass is 10.2. The summed E-state index contributed by atoms with van der Waals surface area (Å²) in [5.41, 5.74) is 8.49. The number of rotatable bonds is 2. The second kappa shape index (κ2) is 3.14. The van der Waals surface area contributed by atoms with Gasteiger partial charge < -0.3 is 5.73 Å². The molecule has 4 nitrogen and oxygen atoms in total. The summed E-state index contributed by atoms with van der Waals surface area (Å²) in [5.74, 6) is 0. The van der Waals surface area contributed by atoms with Gasteiger partial charge >= 0.3 is 0 Å². The van der Waals surface area contributed by atoms with Crippen molar-refractivity contribution in [3.05, 3.63) is 23.8 Å². The van der Waals surface area contributed by atoms with Crippen LogP contribution in [-0.4, -0.2) is 15.0 Å². The van der Waals surface area contributed by atoms with E-state index in [-0.39, 0.29) is 0 Å². The van der Waals surface area contributed by atoms with Crippen molar-refractivity contribution in [1.29, 1.82) is 0 Å². The van der Waals surface area contributed by atoms with E-state index in [4.69, 9.17) is 5.73 Å². The van der Waals surface area contributed by atoms with Gasteiger partial charge in [-0.1, -0.05) is 12.1 Å². The highest BCUT2D eigenvalue weighted by molar-refractivity contribution is 5.77. The third kappa shape index (κ3) is 1.29. The molecule has 1 aromatic carbocycles. The Morgan fingerprint density at radius 2 is 2.23 bits per heavy atom. The topological polar surface area (TPSA) is 56.7 Å². The molecule has 0 bridgehead atoms. The molecular formula is C9H12N4. The fourth-order valence-electron chi connectivity index (χ4n) is 1.34. The molecule has 0 atom stereocenters. The first-order valence-corrected chi connectivity index (χ1v) is 4.38. The van der Waals surface area contributed by atoms with Gasteiger partial charge in [-0.25, -0.2) is 0 Å². The third-order valence-electron chi connectivity index (χ3n) is 2.04. The maximum absolute atomic E-state index is 5.59. The average molecular weight is 176 g/mol. The maximum atomic E-state index is 5.59. The minimum absolute atomic E-state index is 0.514. The molecule has 0 fully saturated rings. The standard InChI is InChI=1S/C9H12N4/c1-2-13-11-8-5-3-4-7(6-10)9(8)12-13/h3-5H,2,6,10H2,1H3. The van der Waals surface area contributed by atoms with Crippen LogP contribution < -0.4 is 5.73 Å². The number of nitrogens with two attached hydrogens (primary N) is 1. The van der Waals surface area contributed by atoms with Crippen molar-refractivity contribution >= 4 is 11.0 Å². The molecule has 2 aromatic rings. The Hall–Kier alpha value is -1.42. The van der Waals surface area contributed by atoms with Gasteiger partial charge in [0.05, 0.1) is 6.54 Å². The van der Waals surface area contributed by atoms with Crippen molar-refractivity contribution in [2.45, 2.75) is 20.0 Å². The Labute approximate surface area is 76.3 Å². The number of hydrogen-bond donors (Lipinski definition) is 1. The molecule has 0 aliphatic heterocycles. The molecule has 1 aromatic heterocycles. The molecule has 0 saturated heterocycles. The second-order valence-electron chi connectivity index (χ2n) is 2.88. The van der Waals surface area contributed by atoms with E-state index < -0.39 is 0 Å². The first kappa shape index (κ1) is 8.19. The van der Waals surface area contributed by atoms with Crippen molar-refractivity contribution in [1.82, 2.24) is 15.0 Å². The van der Waals surface area contributed by atoms with Crippen LogP contribution in [0, 0.1) is 0 Å². The lowest BCUT2D eigenvalue weighted by Gasteiger charge is -1.94. The Morgan fingerprint density at radius 3 is 2.92 bits per heavy atom. The molecule has 0 aliphatic carbocycles. The van der Waals surface area contributed by atoms with Crippen LogP contribution in [0.25, 0.3) is 11.0 Å². The predicted octanol–water partition coefficient (Wildman–Crippen LogP) is 0.910. The largest absolute Gasteiger partial charge is 0.326 e. The zero-order chi connectivity index (χ0) is 9.26. The Kier molecular flexibility index (Phi) is 1.98. The number of aryl methyl sites for hydroxylation is 1. The van der Waals surface area contributed by atoms with Crippen LogP contribution in [0.3, 0.4) is 0 Å². The van der Waals surface area contributed by atoms with Crippen LogP contribution in [0.1, 0.15) is 12.5 Å². The fourth-order valence-corrected chi connectivity index (χ4v) is 1.34. The van der Waals surface area contributed by atoms with Gasteiger partial charge in [-0.15, -0.1) is 0 Å². The van der Waals surface area contributed by atoms with Gasteiger partial charge in [-0.2, -0.15) is 15.0 Å². The van der Waals surface area contributed by atoms with Crippen molar-refractivity contribution in [3.8, 4) is 0 Å². The summed E-state index contributed by atoms with van der Waals surface area (Å²) in [5, 5.41) is 8.62. The number of hydrogen-bond acceptors (Lipinski definition) is 3. The van der Waals surface area contributed by atoms with E-state index in [1.54, 1.807) is 4.80 Å². The normalized spacial score (nSPS) is 10.9. The first-order valence-electron chi connectivity index (χ1n) is 4.38. The van der Waals surface area contributed by atoms with Gasteiger partial charge in [0.25, 0.3) is 0 Å². The van der Waals surface area contributed by atoms with Gasteiger partial charge in [-0.05, 0) is 18.6 Å². The molecule has 0 unspecified atom stereocenters. The highest BCUT2D eigenvalue weighted by atomic mass is 15.5. The van der Waals surface area contributed by atoms with Crippen LogP contribution in [0.4, 0.5) is 0 Å². The summed E-state index contributed by atoms with van der Waals surface area (Å²) < 4.78 is 0. The van der Waals surface area contributed by atoms with Crippen LogP contribution in [0.5, 0.6) is 0 Å². The molecule has 2 rings (SSSR count). The monoisotopic (exact) mass is 176 g/mol. The van der Waals surface area contributed by atoms with Crippen LogP contribution in [-0.2, 0) is 13.1 Å². The summed E-state index contributed by atoms with van der Waals surface area (Å²) in [6.45, 7) is 3.32. The maximum Gasteiger partial charge on any atom is 0.117 e. The SMILES string of the molecule is CCn1nc2cccc(CN)c2n1. The molecule has 4 heteroatoms. The second-order valence-corrected chi connectivity index (χ2v) is 2.88. The van der Waals surface area contributed by atoms with Crippen molar-refractivity contribution in [2.75, 3.05) is 0 Å². The number of aromatic nitrogens is 3. The van der Waals surface area contributed by atoms with Crippen LogP contribution in [0.15, 0.2) is 18.2 Å². The number of fused-ring (bicyclic) bond motifs is 1. The molecule has 0 amide bonds. The van der Waals surface area contributed by atoms with E-state index in [2.05, 4.69) is 10.2 Å². The Bertz CT molecular complexity index is 418. The van der Waals surface area contributed by atoms with E-state index in [0.717, 1.165) is 23.1 Å². The van der Waals surface area contributed by atoms with Crippen LogP contribution in [0.2, 0.25) is 0 Å². The molecule has 0 radical (unpaired) electrons. The third-order valence-corrected chi connectivity index (χ3v) is 2.04. The van der Waals surface area contributed by atoms with Gasteiger partial charge in [0.15, 0.2) is 0 Å². The molecule has 0 saturated carbocycles. The Balaban J connectivity index is 2.67. The van der Waals surface area contributed by atoms with E-state index in [1.165, 1.54) is 0 Å². The lowest BCUT2D eigenvalue weighted by molar-refractivity contribution is 0.578. The highest BCUT2D eigenvalue weighted by Gasteiger charge is 2.04. The number of nitrogens with zero attached hydrogens (tertiary/aromatic N) is 3. The lowest BCUT2D eigenvalue weighted by Crippen LogP contribution is -1.99. The Morgan fingerprint density at radius 1 is 1.38 bits per heavy atom. The van der Waals surface area contributed by atoms with Crippen LogP contribution >= 0.6 is 0 Å². The smallest absolute Gasteiger partial charge is 0.117 e. The fraction of sp³-hybridized carbons (Fsp3) is 0.333. The van der Waals surface area contributed by atoms with Gasteiger partial charge in [0, 0.05) is 6.54 Å². The summed E-state index contributed by atoms with van der Waals surface area (Å²) in [4.78, 5) is 1.68. The quantitative estimate of drug-likeness (QED) is 0.740. The number of benzene rings is 1. The minimum atomic E-state index is 0.514. The average Bonchev–Trinajstić information content (AvgIpc) is 2.59. The first-order chi connectivity index (χ1) is 6.35. The molecular weight excluding hydrogens is 164 g/mol. The zero-order valence-corrected chi connectivity index (χ0v) is 7.57. The molecule has 0 spiro atoms. The predicted molar refractivity (Wildman–Crippen MR) is 51.1 cm³/mol. The van der Waals surface area contributed by atoms with Gasteiger partial charge in [-0.3, -0.25) is 0 Å². The summed E-state index contributed by atoms with van der Waals surface area (Å²) in [6.07, 6.45) is 0. The van der Waals surface area contributed by atoms with Crippen molar-refractivity contribution in [3.63, 3.8) is 0 Å². The minimum Gasteiger partial charge on any atom is -0.326 e. The van der Waals surface area contributed by atoms with E-state index >= 15 is 0 Å². The molecule has 0 aliphatic rings.